The average molecular weight is 286 g/mol. The highest BCUT2D eigenvalue weighted by Crippen LogP contribution is 2.14. The summed E-state index contributed by atoms with van der Waals surface area (Å²) in [4.78, 5) is 2.13. The zero-order chi connectivity index (χ0) is 15.2. The van der Waals surface area contributed by atoms with Crippen LogP contribution in [0.5, 0.6) is 0 Å². The van der Waals surface area contributed by atoms with E-state index in [0.29, 0.717) is 6.54 Å². The second-order valence-corrected chi connectivity index (χ2v) is 5.61. The lowest BCUT2D eigenvalue weighted by Gasteiger charge is -2.18. The van der Waals surface area contributed by atoms with E-state index in [9.17, 15) is 4.39 Å². The fourth-order valence-electron chi connectivity index (χ4n) is 2.42. The maximum absolute atomic E-state index is 13.9. The highest BCUT2D eigenvalue weighted by atomic mass is 19.1. The summed E-state index contributed by atoms with van der Waals surface area (Å²) in [6, 6.07) is 13.8. The first-order chi connectivity index (χ1) is 10.1. The van der Waals surface area contributed by atoms with Gasteiger partial charge in [-0.05, 0) is 38.2 Å². The molecule has 0 spiro atoms. The van der Waals surface area contributed by atoms with E-state index in [-0.39, 0.29) is 5.82 Å². The van der Waals surface area contributed by atoms with Gasteiger partial charge in [0.05, 0.1) is 0 Å². The van der Waals surface area contributed by atoms with Gasteiger partial charge in [-0.2, -0.15) is 0 Å². The van der Waals surface area contributed by atoms with Crippen molar-refractivity contribution in [2.24, 2.45) is 0 Å². The van der Waals surface area contributed by atoms with Crippen molar-refractivity contribution < 1.29 is 4.39 Å². The molecule has 0 saturated heterocycles. The third-order valence-corrected chi connectivity index (χ3v) is 3.50. The molecule has 1 N–H and O–H groups in total. The van der Waals surface area contributed by atoms with Gasteiger partial charge in [-0.3, -0.25) is 4.90 Å². The number of hydrogen-bond acceptors (Lipinski definition) is 2. The van der Waals surface area contributed by atoms with Crippen molar-refractivity contribution in [1.29, 1.82) is 0 Å². The first-order valence-electron chi connectivity index (χ1n) is 7.24. The van der Waals surface area contributed by atoms with Gasteiger partial charge in [-0.1, -0.05) is 42.0 Å². The van der Waals surface area contributed by atoms with Gasteiger partial charge in [0.1, 0.15) is 5.82 Å². The molecule has 0 aromatic heterocycles. The van der Waals surface area contributed by atoms with Crippen molar-refractivity contribution in [3.8, 4) is 0 Å². The Kier molecular flexibility index (Phi) is 5.48. The predicted octanol–water partition coefficient (Wildman–Crippen LogP) is 3.49. The highest BCUT2D eigenvalue weighted by Gasteiger charge is 2.07. The minimum absolute atomic E-state index is 0.134. The molecule has 0 amide bonds. The number of benzene rings is 2. The molecule has 0 unspecified atom stereocenters. The summed E-state index contributed by atoms with van der Waals surface area (Å²) in [7, 11) is 3.91. The van der Waals surface area contributed by atoms with E-state index < -0.39 is 0 Å². The van der Waals surface area contributed by atoms with Gasteiger partial charge in [0.25, 0.3) is 0 Å². The molecule has 2 rings (SSSR count). The van der Waals surface area contributed by atoms with Gasteiger partial charge >= 0.3 is 0 Å². The minimum Gasteiger partial charge on any atom is -0.316 e. The molecule has 0 bridgehead atoms. The molecule has 2 nitrogen and oxygen atoms in total. The predicted molar refractivity (Wildman–Crippen MR) is 85.5 cm³/mol. The third kappa shape index (κ3) is 4.66. The number of rotatable bonds is 6. The number of aryl methyl sites for hydroxylation is 1. The van der Waals surface area contributed by atoms with Crippen molar-refractivity contribution in [3.05, 3.63) is 70.5 Å². The summed E-state index contributed by atoms with van der Waals surface area (Å²) in [5.41, 5.74) is 4.36. The Morgan fingerprint density at radius 2 is 1.67 bits per heavy atom. The van der Waals surface area contributed by atoms with Crippen LogP contribution in [0, 0.1) is 12.7 Å². The molecule has 0 saturated carbocycles. The summed E-state index contributed by atoms with van der Waals surface area (Å²) >= 11 is 0. The molecular formula is C18H23FN2. The van der Waals surface area contributed by atoms with Crippen LogP contribution in [0.25, 0.3) is 0 Å². The number of hydrogen-bond donors (Lipinski definition) is 1. The van der Waals surface area contributed by atoms with Gasteiger partial charge in [-0.25, -0.2) is 4.39 Å². The van der Waals surface area contributed by atoms with Crippen LogP contribution in [-0.2, 0) is 19.6 Å². The van der Waals surface area contributed by atoms with Gasteiger partial charge in [0.2, 0.25) is 0 Å². The molecule has 2 aromatic rings. The SMILES string of the molecule is CNCc1ccc(F)c(CN(C)Cc2ccc(C)cc2)c1. The molecule has 0 fully saturated rings. The molecule has 112 valence electrons. The topological polar surface area (TPSA) is 15.3 Å². The standard InChI is InChI=1S/C18H23FN2/c1-14-4-6-15(7-5-14)12-21(3)13-17-10-16(11-20-2)8-9-18(17)19/h4-10,20H,11-13H2,1-3H3. The van der Waals surface area contributed by atoms with E-state index in [2.05, 4.69) is 41.4 Å². The maximum atomic E-state index is 13.9. The van der Waals surface area contributed by atoms with E-state index in [1.54, 1.807) is 6.07 Å². The Labute approximate surface area is 126 Å². The van der Waals surface area contributed by atoms with E-state index in [1.165, 1.54) is 11.1 Å². The molecule has 21 heavy (non-hydrogen) atoms. The van der Waals surface area contributed by atoms with Gasteiger partial charge in [0, 0.05) is 25.2 Å². The van der Waals surface area contributed by atoms with Crippen molar-refractivity contribution in [1.82, 2.24) is 10.2 Å². The third-order valence-electron chi connectivity index (χ3n) is 3.50. The summed E-state index contributed by atoms with van der Waals surface area (Å²) in [6.07, 6.45) is 0. The molecule has 0 radical (unpaired) electrons. The van der Waals surface area contributed by atoms with Crippen molar-refractivity contribution in [2.75, 3.05) is 14.1 Å². The number of nitrogens with one attached hydrogen (secondary N) is 1. The van der Waals surface area contributed by atoms with Crippen LogP contribution < -0.4 is 5.32 Å². The molecular weight excluding hydrogens is 263 g/mol. The molecule has 0 aliphatic rings. The van der Waals surface area contributed by atoms with Crippen molar-refractivity contribution in [2.45, 2.75) is 26.6 Å². The smallest absolute Gasteiger partial charge is 0.127 e. The number of nitrogens with zero attached hydrogens (tertiary/aromatic N) is 1. The van der Waals surface area contributed by atoms with Crippen LogP contribution in [0.4, 0.5) is 4.39 Å². The summed E-state index contributed by atoms with van der Waals surface area (Å²) in [5, 5.41) is 3.09. The summed E-state index contributed by atoms with van der Waals surface area (Å²) < 4.78 is 13.9. The quantitative estimate of drug-likeness (QED) is 0.874. The monoisotopic (exact) mass is 286 g/mol. The Bertz CT molecular complexity index is 578. The molecule has 3 heteroatoms. The molecule has 0 aliphatic heterocycles. The fraction of sp³-hybridized carbons (Fsp3) is 0.333. The second-order valence-electron chi connectivity index (χ2n) is 5.61. The molecule has 0 heterocycles. The van der Waals surface area contributed by atoms with Gasteiger partial charge in [0.15, 0.2) is 0 Å². The van der Waals surface area contributed by atoms with Crippen molar-refractivity contribution in [3.63, 3.8) is 0 Å². The fourth-order valence-corrected chi connectivity index (χ4v) is 2.42. The Morgan fingerprint density at radius 1 is 1.00 bits per heavy atom. The molecule has 0 aliphatic carbocycles. The van der Waals surface area contributed by atoms with Crippen LogP contribution in [0.2, 0.25) is 0 Å². The van der Waals surface area contributed by atoms with Crippen LogP contribution in [-0.4, -0.2) is 19.0 Å². The Balaban J connectivity index is 2.03. The lowest BCUT2D eigenvalue weighted by molar-refractivity contribution is 0.313. The second kappa shape index (κ2) is 7.34. The normalized spacial score (nSPS) is 11.1. The van der Waals surface area contributed by atoms with E-state index in [4.69, 9.17) is 0 Å². The Hall–Kier alpha value is -1.71. The number of halogens is 1. The van der Waals surface area contributed by atoms with Gasteiger partial charge < -0.3 is 5.32 Å². The molecule has 0 atom stereocenters. The van der Waals surface area contributed by atoms with Crippen molar-refractivity contribution >= 4 is 0 Å². The van der Waals surface area contributed by atoms with E-state index in [0.717, 1.165) is 24.2 Å². The zero-order valence-corrected chi connectivity index (χ0v) is 13.0. The largest absolute Gasteiger partial charge is 0.316 e. The van der Waals surface area contributed by atoms with Gasteiger partial charge in [-0.15, -0.1) is 0 Å². The zero-order valence-electron chi connectivity index (χ0n) is 13.0. The highest BCUT2D eigenvalue weighted by molar-refractivity contribution is 5.25. The van der Waals surface area contributed by atoms with E-state index >= 15 is 0 Å². The maximum Gasteiger partial charge on any atom is 0.127 e. The lowest BCUT2D eigenvalue weighted by atomic mass is 10.1. The minimum atomic E-state index is -0.134. The van der Waals surface area contributed by atoms with E-state index in [1.807, 2.05) is 26.2 Å². The lowest BCUT2D eigenvalue weighted by Crippen LogP contribution is -2.18. The van der Waals surface area contributed by atoms with Crippen LogP contribution in [0.3, 0.4) is 0 Å². The first kappa shape index (κ1) is 15.7. The van der Waals surface area contributed by atoms with Crippen LogP contribution >= 0.6 is 0 Å². The van der Waals surface area contributed by atoms with Crippen LogP contribution in [0.15, 0.2) is 42.5 Å². The van der Waals surface area contributed by atoms with Crippen LogP contribution in [0.1, 0.15) is 22.3 Å². The first-order valence-corrected chi connectivity index (χ1v) is 7.24. The Morgan fingerprint density at radius 3 is 2.33 bits per heavy atom. The molecule has 2 aromatic carbocycles. The average Bonchev–Trinajstić information content (AvgIpc) is 2.45. The summed E-state index contributed by atoms with van der Waals surface area (Å²) in [6.45, 7) is 4.26. The summed E-state index contributed by atoms with van der Waals surface area (Å²) in [5.74, 6) is -0.134.